The van der Waals surface area contributed by atoms with E-state index in [2.05, 4.69) is 77.4 Å². The molecule has 1 heteroatoms. The Balaban J connectivity index is 1.92. The second kappa shape index (κ2) is 6.05. The Hall–Kier alpha value is -1.33. The summed E-state index contributed by atoms with van der Waals surface area (Å²) in [4.78, 5) is 0. The fourth-order valence-electron chi connectivity index (χ4n) is 3.81. The Kier molecular flexibility index (Phi) is 3.93. The molecule has 0 spiro atoms. The Morgan fingerprint density at radius 1 is 1.00 bits per heavy atom. The molecular weight excluding hydrogens is 343 g/mol. The van der Waals surface area contributed by atoms with E-state index in [4.69, 9.17) is 0 Å². The summed E-state index contributed by atoms with van der Waals surface area (Å²) in [5.74, 6) is 0. The molecule has 0 saturated carbocycles. The topological polar surface area (TPSA) is 0 Å². The number of rotatable bonds is 3. The summed E-state index contributed by atoms with van der Waals surface area (Å²) in [7, 11) is 0. The fourth-order valence-corrected chi connectivity index (χ4v) is 11.5. The Labute approximate surface area is 140 Å². The van der Waals surface area contributed by atoms with E-state index in [1.54, 1.807) is 14.4 Å². The predicted molar refractivity (Wildman–Crippen MR) is 91.9 cm³/mol. The van der Waals surface area contributed by atoms with Gasteiger partial charge in [0.2, 0.25) is 0 Å². The molecule has 0 unspecified atom stereocenters. The van der Waals surface area contributed by atoms with Gasteiger partial charge in [-0.2, -0.15) is 0 Å². The average Bonchev–Trinajstić information content (AvgIpc) is 3.20. The van der Waals surface area contributed by atoms with Crippen LogP contribution in [0, 0.1) is 0 Å². The number of hydrogen-bond donors (Lipinski definition) is 0. The molecule has 2 aliphatic rings. The van der Waals surface area contributed by atoms with Crippen LogP contribution in [0.15, 0.2) is 70.0 Å². The van der Waals surface area contributed by atoms with Crippen LogP contribution in [0.2, 0.25) is 0 Å². The van der Waals surface area contributed by atoms with Crippen LogP contribution in [-0.2, 0) is 21.3 Å². The van der Waals surface area contributed by atoms with Gasteiger partial charge in [0.05, 0.1) is 0 Å². The molecule has 0 saturated heterocycles. The summed E-state index contributed by atoms with van der Waals surface area (Å²) < 4.78 is 5.12. The summed E-state index contributed by atoms with van der Waals surface area (Å²) in [6, 6.07) is 18.1. The van der Waals surface area contributed by atoms with Gasteiger partial charge in [0.15, 0.2) is 0 Å². The van der Waals surface area contributed by atoms with Gasteiger partial charge in [-0.3, -0.25) is 0 Å². The Morgan fingerprint density at radius 3 is 2.18 bits per heavy atom. The molecule has 0 heterocycles. The Bertz CT molecular complexity index is 763. The molecule has 2 aromatic carbocycles. The zero-order chi connectivity index (χ0) is 14.9. The van der Waals surface area contributed by atoms with E-state index in [9.17, 15) is 0 Å². The SMILES string of the molecule is CC[CH]=[Zr]([C]1=CC=CC1)[CH]1c2ccccc2-c2ccccc21. The summed E-state index contributed by atoms with van der Waals surface area (Å²) >= 11 is -1.82. The van der Waals surface area contributed by atoms with Crippen LogP contribution in [0.5, 0.6) is 0 Å². The van der Waals surface area contributed by atoms with Crippen molar-refractivity contribution in [2.45, 2.75) is 23.4 Å². The standard InChI is InChI=1S/C13H9.C5H5.C3H6.Zr/c1-3-7-12-10(5-1)9-11-6-2-4-8-13(11)12;1-2-4-5-3-1;1-3-2;/h1-9H;1-3H,4H2;1H,3H2,2H3;. The normalized spacial score (nSPS) is 16.6. The quantitative estimate of drug-likeness (QED) is 0.682. The van der Waals surface area contributed by atoms with Crippen molar-refractivity contribution in [2.24, 2.45) is 0 Å². The van der Waals surface area contributed by atoms with E-state index < -0.39 is 21.3 Å². The molecule has 22 heavy (non-hydrogen) atoms. The number of fused-ring (bicyclic) bond motifs is 3. The summed E-state index contributed by atoms with van der Waals surface area (Å²) in [6.07, 6.45) is 9.38. The van der Waals surface area contributed by atoms with Crippen molar-refractivity contribution in [1.82, 2.24) is 0 Å². The molecule has 0 aromatic heterocycles. The van der Waals surface area contributed by atoms with E-state index in [-0.39, 0.29) is 0 Å². The molecule has 0 bridgehead atoms. The van der Waals surface area contributed by atoms with Crippen LogP contribution in [0.3, 0.4) is 0 Å². The van der Waals surface area contributed by atoms with Gasteiger partial charge < -0.3 is 0 Å². The van der Waals surface area contributed by atoms with E-state index in [0.29, 0.717) is 3.63 Å². The number of hydrogen-bond acceptors (Lipinski definition) is 0. The van der Waals surface area contributed by atoms with Gasteiger partial charge in [0, 0.05) is 0 Å². The first-order valence-corrected chi connectivity index (χ1v) is 12.2. The molecule has 0 amide bonds. The van der Waals surface area contributed by atoms with Crippen LogP contribution in [0.4, 0.5) is 0 Å². The van der Waals surface area contributed by atoms with Crippen LogP contribution in [0.25, 0.3) is 11.1 Å². The first-order chi connectivity index (χ1) is 10.9. The zero-order valence-electron chi connectivity index (χ0n) is 12.9. The second-order valence-electron chi connectivity index (χ2n) is 6.00. The van der Waals surface area contributed by atoms with Gasteiger partial charge in [-0.15, -0.1) is 0 Å². The van der Waals surface area contributed by atoms with Gasteiger partial charge >= 0.3 is 141 Å². The van der Waals surface area contributed by atoms with Gasteiger partial charge in [-0.25, -0.2) is 0 Å². The van der Waals surface area contributed by atoms with Crippen LogP contribution < -0.4 is 0 Å². The van der Waals surface area contributed by atoms with Gasteiger partial charge in [-0.1, -0.05) is 0 Å². The first kappa shape index (κ1) is 14.3. The first-order valence-electron chi connectivity index (χ1n) is 8.14. The third kappa shape index (κ3) is 2.27. The van der Waals surface area contributed by atoms with Crippen LogP contribution >= 0.6 is 0 Å². The molecule has 0 N–H and O–H groups in total. The van der Waals surface area contributed by atoms with Crippen molar-refractivity contribution < 1.29 is 21.3 Å². The van der Waals surface area contributed by atoms with Gasteiger partial charge in [0.1, 0.15) is 0 Å². The summed E-state index contributed by atoms with van der Waals surface area (Å²) in [5.41, 5.74) is 6.10. The zero-order valence-corrected chi connectivity index (χ0v) is 15.4. The van der Waals surface area contributed by atoms with E-state index >= 15 is 0 Å². The molecule has 0 aliphatic heterocycles. The van der Waals surface area contributed by atoms with Crippen LogP contribution in [0.1, 0.15) is 34.5 Å². The minimum absolute atomic E-state index is 0.667. The van der Waals surface area contributed by atoms with Gasteiger partial charge in [-0.05, 0) is 0 Å². The van der Waals surface area contributed by atoms with E-state index in [0.717, 1.165) is 0 Å². The fraction of sp³-hybridized carbons (Fsp3) is 0.190. The van der Waals surface area contributed by atoms with E-state index in [1.807, 2.05) is 0 Å². The number of allylic oxidation sites excluding steroid dienone is 4. The Morgan fingerprint density at radius 2 is 1.64 bits per heavy atom. The molecule has 0 atom stereocenters. The van der Waals surface area contributed by atoms with Gasteiger partial charge in [0.25, 0.3) is 0 Å². The van der Waals surface area contributed by atoms with Crippen molar-refractivity contribution in [3.63, 3.8) is 0 Å². The summed E-state index contributed by atoms with van der Waals surface area (Å²) in [6.45, 7) is 2.30. The molecule has 2 aliphatic carbocycles. The minimum atomic E-state index is -1.82. The molecule has 0 nitrogen and oxygen atoms in total. The third-order valence-electron chi connectivity index (χ3n) is 4.71. The van der Waals surface area contributed by atoms with Crippen LogP contribution in [-0.4, -0.2) is 3.71 Å². The molecule has 108 valence electrons. The van der Waals surface area contributed by atoms with Crippen molar-refractivity contribution in [3.8, 4) is 11.1 Å². The summed E-state index contributed by atoms with van der Waals surface area (Å²) in [5, 5.41) is 0. The predicted octanol–water partition coefficient (Wildman–Crippen LogP) is 5.43. The molecule has 0 fully saturated rings. The van der Waals surface area contributed by atoms with Crippen molar-refractivity contribution in [3.05, 3.63) is 81.2 Å². The third-order valence-corrected chi connectivity index (χ3v) is 12.6. The van der Waals surface area contributed by atoms with Crippen molar-refractivity contribution >= 4 is 3.71 Å². The molecule has 0 radical (unpaired) electrons. The van der Waals surface area contributed by atoms with Crippen molar-refractivity contribution in [2.75, 3.05) is 0 Å². The molecule has 4 rings (SSSR count). The van der Waals surface area contributed by atoms with Crippen molar-refractivity contribution in [1.29, 1.82) is 0 Å². The monoisotopic (exact) mass is 362 g/mol. The second-order valence-corrected chi connectivity index (χ2v) is 12.2. The molecule has 2 aromatic rings. The maximum atomic E-state index is 2.70. The average molecular weight is 364 g/mol. The molecular formula is C21H20Zr. The van der Waals surface area contributed by atoms with E-state index in [1.165, 1.54) is 24.0 Å². The maximum absolute atomic E-state index is 2.70. The number of benzene rings is 2.